The number of ether oxygens (including phenoxy) is 1. The summed E-state index contributed by atoms with van der Waals surface area (Å²) in [6.45, 7) is 1.43. The van der Waals surface area contributed by atoms with Gasteiger partial charge in [-0.1, -0.05) is 36.4 Å². The fourth-order valence-corrected chi connectivity index (χ4v) is 4.13. The van der Waals surface area contributed by atoms with Crippen molar-refractivity contribution in [3.8, 4) is 5.75 Å². The number of nitrogens with zero attached hydrogens (tertiary/aromatic N) is 1. The number of rotatable bonds is 3. The third kappa shape index (κ3) is 2.29. The Labute approximate surface area is 141 Å². The molecule has 2 unspecified atom stereocenters. The van der Waals surface area contributed by atoms with E-state index >= 15 is 0 Å². The highest BCUT2D eigenvalue weighted by molar-refractivity contribution is 5.97. The highest BCUT2D eigenvalue weighted by atomic mass is 19.1. The van der Waals surface area contributed by atoms with Crippen LogP contribution in [0.15, 0.2) is 48.5 Å². The third-order valence-corrected chi connectivity index (χ3v) is 5.54. The number of piperidine rings is 1. The predicted molar refractivity (Wildman–Crippen MR) is 89.7 cm³/mol. The van der Waals surface area contributed by atoms with Crippen molar-refractivity contribution in [3.63, 3.8) is 0 Å². The van der Waals surface area contributed by atoms with Gasteiger partial charge in [-0.05, 0) is 36.5 Å². The lowest BCUT2D eigenvalue weighted by Gasteiger charge is -2.32. The predicted octanol–water partition coefficient (Wildman–Crippen LogP) is 3.64. The number of likely N-dealkylation sites (tertiary alicyclic amines) is 1. The molecule has 24 heavy (non-hydrogen) atoms. The average molecular weight is 325 g/mol. The molecule has 124 valence electrons. The number of carbonyl (C=O) groups is 1. The Kier molecular flexibility index (Phi) is 3.56. The van der Waals surface area contributed by atoms with Crippen LogP contribution in [-0.4, -0.2) is 31.0 Å². The number of hydrogen-bond acceptors (Lipinski definition) is 2. The summed E-state index contributed by atoms with van der Waals surface area (Å²) in [6, 6.07) is 15.1. The van der Waals surface area contributed by atoms with E-state index in [0.717, 1.165) is 19.4 Å². The first kappa shape index (κ1) is 15.2. The third-order valence-electron chi connectivity index (χ3n) is 5.54. The summed E-state index contributed by atoms with van der Waals surface area (Å²) >= 11 is 0. The van der Waals surface area contributed by atoms with E-state index in [1.54, 1.807) is 12.1 Å². The van der Waals surface area contributed by atoms with Gasteiger partial charge in [0.1, 0.15) is 0 Å². The minimum Gasteiger partial charge on any atom is -0.493 e. The Bertz CT molecular complexity index is 776. The van der Waals surface area contributed by atoms with E-state index in [1.165, 1.54) is 18.7 Å². The quantitative estimate of drug-likeness (QED) is 0.862. The normalized spacial score (nSPS) is 25.1. The molecule has 0 bridgehead atoms. The molecule has 0 aromatic heterocycles. The van der Waals surface area contributed by atoms with Gasteiger partial charge < -0.3 is 9.64 Å². The summed E-state index contributed by atoms with van der Waals surface area (Å²) in [6.07, 6.45) is 2.09. The van der Waals surface area contributed by atoms with Crippen molar-refractivity contribution < 1.29 is 13.9 Å². The van der Waals surface area contributed by atoms with E-state index in [0.29, 0.717) is 18.0 Å². The van der Waals surface area contributed by atoms with E-state index in [1.807, 2.05) is 11.0 Å². The first-order valence-electron chi connectivity index (χ1n) is 8.33. The van der Waals surface area contributed by atoms with Crippen molar-refractivity contribution in [3.05, 3.63) is 65.5 Å². The lowest BCUT2D eigenvalue weighted by atomic mass is 9.87. The first-order chi connectivity index (χ1) is 11.7. The summed E-state index contributed by atoms with van der Waals surface area (Å²) in [5, 5.41) is 0. The highest BCUT2D eigenvalue weighted by Crippen LogP contribution is 2.59. The van der Waals surface area contributed by atoms with Gasteiger partial charge in [-0.2, -0.15) is 0 Å². The van der Waals surface area contributed by atoms with Crippen LogP contribution < -0.4 is 4.74 Å². The molecule has 1 saturated heterocycles. The number of methoxy groups -OCH3 is 1. The van der Waals surface area contributed by atoms with Crippen molar-refractivity contribution in [2.24, 2.45) is 5.92 Å². The molecule has 1 heterocycles. The molecule has 1 aliphatic carbocycles. The Morgan fingerprint density at radius 3 is 2.71 bits per heavy atom. The molecule has 2 fully saturated rings. The van der Waals surface area contributed by atoms with Gasteiger partial charge in [0.15, 0.2) is 11.6 Å². The molecule has 1 aliphatic heterocycles. The van der Waals surface area contributed by atoms with Crippen LogP contribution in [0, 0.1) is 11.7 Å². The van der Waals surface area contributed by atoms with Crippen LogP contribution in [0.2, 0.25) is 0 Å². The molecule has 2 atom stereocenters. The summed E-state index contributed by atoms with van der Waals surface area (Å²) in [5.74, 6) is -0.0966. The second-order valence-electron chi connectivity index (χ2n) is 6.75. The van der Waals surface area contributed by atoms with Gasteiger partial charge >= 0.3 is 0 Å². The molecular formula is C20H20FNO2. The van der Waals surface area contributed by atoms with Crippen molar-refractivity contribution in [2.45, 2.75) is 18.3 Å². The number of amides is 1. The Morgan fingerprint density at radius 1 is 1.21 bits per heavy atom. The summed E-state index contributed by atoms with van der Waals surface area (Å²) in [5.41, 5.74) is 1.93. The maximum absolute atomic E-state index is 13.8. The molecule has 0 radical (unpaired) electrons. The monoisotopic (exact) mass is 325 g/mol. The number of halogens is 1. The van der Waals surface area contributed by atoms with Crippen LogP contribution in [0.25, 0.3) is 0 Å². The summed E-state index contributed by atoms with van der Waals surface area (Å²) in [4.78, 5) is 14.7. The topological polar surface area (TPSA) is 29.5 Å². The van der Waals surface area contributed by atoms with Crippen LogP contribution in [0.3, 0.4) is 0 Å². The Hall–Kier alpha value is -2.36. The molecule has 1 saturated carbocycles. The zero-order chi connectivity index (χ0) is 16.7. The fraction of sp³-hybridized carbons (Fsp3) is 0.350. The SMILES string of the molecule is COc1c(F)cccc1C(=O)N1CCC2(c3ccccc3)CC2C1. The Morgan fingerprint density at radius 2 is 2.00 bits per heavy atom. The number of fused-ring (bicyclic) bond motifs is 1. The van der Waals surface area contributed by atoms with Crippen molar-refractivity contribution in [1.82, 2.24) is 4.90 Å². The maximum Gasteiger partial charge on any atom is 0.257 e. The zero-order valence-electron chi connectivity index (χ0n) is 13.7. The van der Waals surface area contributed by atoms with Gasteiger partial charge in [0.2, 0.25) is 0 Å². The zero-order valence-corrected chi connectivity index (χ0v) is 13.7. The molecule has 4 heteroatoms. The number of carbonyl (C=O) groups excluding carboxylic acids is 1. The molecule has 0 spiro atoms. The number of hydrogen-bond donors (Lipinski definition) is 0. The first-order valence-corrected chi connectivity index (χ1v) is 8.33. The van der Waals surface area contributed by atoms with E-state index in [9.17, 15) is 9.18 Å². The fourth-order valence-electron chi connectivity index (χ4n) is 4.13. The van der Waals surface area contributed by atoms with Crippen molar-refractivity contribution in [1.29, 1.82) is 0 Å². The number of benzene rings is 2. The van der Waals surface area contributed by atoms with Gasteiger partial charge in [0.25, 0.3) is 5.91 Å². The van der Waals surface area contributed by atoms with Gasteiger partial charge in [-0.25, -0.2) is 4.39 Å². The van der Waals surface area contributed by atoms with E-state index in [4.69, 9.17) is 4.74 Å². The molecule has 2 aliphatic rings. The second kappa shape index (κ2) is 5.62. The Balaban J connectivity index is 1.53. The molecular weight excluding hydrogens is 305 g/mol. The molecule has 1 amide bonds. The maximum atomic E-state index is 13.8. The second-order valence-corrected chi connectivity index (χ2v) is 6.75. The minimum absolute atomic E-state index is 0.0400. The molecule has 2 aromatic carbocycles. The average Bonchev–Trinajstić information content (AvgIpc) is 3.36. The van der Waals surface area contributed by atoms with Gasteiger partial charge in [0.05, 0.1) is 12.7 Å². The molecule has 3 nitrogen and oxygen atoms in total. The molecule has 2 aromatic rings. The molecule has 4 rings (SSSR count). The van der Waals surface area contributed by atoms with Crippen LogP contribution in [0.1, 0.15) is 28.8 Å². The smallest absolute Gasteiger partial charge is 0.257 e. The largest absolute Gasteiger partial charge is 0.493 e. The van der Waals surface area contributed by atoms with Crippen LogP contribution in [-0.2, 0) is 5.41 Å². The van der Waals surface area contributed by atoms with Gasteiger partial charge in [0, 0.05) is 18.5 Å². The van der Waals surface area contributed by atoms with E-state index < -0.39 is 5.82 Å². The van der Waals surface area contributed by atoms with Crippen LogP contribution in [0.4, 0.5) is 4.39 Å². The minimum atomic E-state index is -0.495. The van der Waals surface area contributed by atoms with E-state index in [-0.39, 0.29) is 17.1 Å². The van der Waals surface area contributed by atoms with Crippen molar-refractivity contribution in [2.75, 3.05) is 20.2 Å². The van der Waals surface area contributed by atoms with Gasteiger partial charge in [-0.3, -0.25) is 4.79 Å². The highest BCUT2D eigenvalue weighted by Gasteiger charge is 2.57. The van der Waals surface area contributed by atoms with Crippen molar-refractivity contribution >= 4 is 5.91 Å². The van der Waals surface area contributed by atoms with Crippen LogP contribution in [0.5, 0.6) is 5.75 Å². The standard InChI is InChI=1S/C20H20FNO2/c1-24-18-16(8-5-9-17(18)21)19(23)22-11-10-20(12-15(20)13-22)14-6-3-2-4-7-14/h2-9,15H,10-13H2,1H3. The molecule has 0 N–H and O–H groups in total. The van der Waals surface area contributed by atoms with Crippen LogP contribution >= 0.6 is 0 Å². The summed E-state index contributed by atoms with van der Waals surface area (Å²) in [7, 11) is 1.40. The van der Waals surface area contributed by atoms with Gasteiger partial charge in [-0.15, -0.1) is 0 Å². The van der Waals surface area contributed by atoms with E-state index in [2.05, 4.69) is 24.3 Å². The number of para-hydroxylation sites is 1. The summed E-state index contributed by atoms with van der Waals surface area (Å²) < 4.78 is 18.9. The lowest BCUT2D eigenvalue weighted by Crippen LogP contribution is -2.40. The lowest BCUT2D eigenvalue weighted by molar-refractivity contribution is 0.0703.